The van der Waals surface area contributed by atoms with Gasteiger partial charge in [-0.2, -0.15) is 0 Å². The molecule has 0 radical (unpaired) electrons. The highest BCUT2D eigenvalue weighted by Crippen LogP contribution is 2.34. The van der Waals surface area contributed by atoms with Crippen LogP contribution in [0.25, 0.3) is 11.4 Å². The molecule has 3 rings (SSSR count). The highest BCUT2D eigenvalue weighted by atomic mass is 16.5. The van der Waals surface area contributed by atoms with Crippen LogP contribution in [0.2, 0.25) is 0 Å². The van der Waals surface area contributed by atoms with Crippen molar-refractivity contribution in [3.8, 4) is 11.4 Å². The van der Waals surface area contributed by atoms with Crippen molar-refractivity contribution < 1.29 is 9.53 Å². The number of hydrogen-bond acceptors (Lipinski definition) is 4. The minimum absolute atomic E-state index is 0.114. The van der Waals surface area contributed by atoms with Crippen LogP contribution < -0.4 is 0 Å². The lowest BCUT2D eigenvalue weighted by Gasteiger charge is -2.38. The van der Waals surface area contributed by atoms with Crippen molar-refractivity contribution in [1.29, 1.82) is 0 Å². The van der Waals surface area contributed by atoms with E-state index in [0.717, 1.165) is 43.6 Å². The molecule has 0 bridgehead atoms. The number of carbonyl (C=O) groups excluding carboxylic acids is 1. The summed E-state index contributed by atoms with van der Waals surface area (Å²) in [5.74, 6) is 1.60. The monoisotopic (exact) mass is 356 g/mol. The SMILES string of the molecule is CCCC1(COC)CCCN1C(=O)Cc1nnc(-c2ccccc2)n1C. The quantitative estimate of drug-likeness (QED) is 0.765. The lowest BCUT2D eigenvalue weighted by Crippen LogP contribution is -2.51. The number of nitrogens with zero attached hydrogens (tertiary/aromatic N) is 4. The summed E-state index contributed by atoms with van der Waals surface area (Å²) in [4.78, 5) is 15.1. The highest BCUT2D eigenvalue weighted by Gasteiger charge is 2.43. The predicted molar refractivity (Wildman–Crippen MR) is 101 cm³/mol. The fraction of sp³-hybridized carbons (Fsp3) is 0.550. The van der Waals surface area contributed by atoms with Gasteiger partial charge in [-0.3, -0.25) is 4.79 Å². The zero-order chi connectivity index (χ0) is 18.6. The van der Waals surface area contributed by atoms with E-state index >= 15 is 0 Å². The van der Waals surface area contributed by atoms with Crippen molar-refractivity contribution in [2.45, 2.75) is 44.6 Å². The summed E-state index contributed by atoms with van der Waals surface area (Å²) in [6, 6.07) is 9.93. The first kappa shape index (κ1) is 18.6. The molecule has 0 saturated carbocycles. The molecule has 0 N–H and O–H groups in total. The van der Waals surface area contributed by atoms with Gasteiger partial charge in [-0.15, -0.1) is 10.2 Å². The van der Waals surface area contributed by atoms with Gasteiger partial charge in [0.15, 0.2) is 5.82 Å². The van der Waals surface area contributed by atoms with E-state index in [1.807, 2.05) is 46.8 Å². The maximum Gasteiger partial charge on any atom is 0.230 e. The number of hydrogen-bond donors (Lipinski definition) is 0. The summed E-state index contributed by atoms with van der Waals surface area (Å²) < 4.78 is 7.39. The molecule has 1 aromatic carbocycles. The maximum atomic E-state index is 13.1. The van der Waals surface area contributed by atoms with E-state index in [2.05, 4.69) is 17.1 Å². The van der Waals surface area contributed by atoms with Crippen LogP contribution in [0.15, 0.2) is 30.3 Å². The van der Waals surface area contributed by atoms with Crippen LogP contribution in [0.4, 0.5) is 0 Å². The van der Waals surface area contributed by atoms with E-state index in [0.29, 0.717) is 12.4 Å². The fourth-order valence-corrected chi connectivity index (χ4v) is 4.13. The molecular weight excluding hydrogens is 328 g/mol. The van der Waals surface area contributed by atoms with Crippen LogP contribution in [0.3, 0.4) is 0 Å². The van der Waals surface area contributed by atoms with E-state index in [-0.39, 0.29) is 17.9 Å². The Hall–Kier alpha value is -2.21. The summed E-state index contributed by atoms with van der Waals surface area (Å²) >= 11 is 0. The second-order valence-corrected chi connectivity index (χ2v) is 7.10. The topological polar surface area (TPSA) is 60.2 Å². The number of methoxy groups -OCH3 is 1. The zero-order valence-corrected chi connectivity index (χ0v) is 15.9. The van der Waals surface area contributed by atoms with Crippen LogP contribution in [-0.2, 0) is 23.0 Å². The third-order valence-corrected chi connectivity index (χ3v) is 5.33. The van der Waals surface area contributed by atoms with Gasteiger partial charge in [0, 0.05) is 26.3 Å². The first-order valence-electron chi connectivity index (χ1n) is 9.34. The molecule has 1 saturated heterocycles. The molecule has 1 amide bonds. The van der Waals surface area contributed by atoms with Gasteiger partial charge in [0.25, 0.3) is 0 Å². The smallest absolute Gasteiger partial charge is 0.230 e. The first-order valence-corrected chi connectivity index (χ1v) is 9.34. The maximum absolute atomic E-state index is 13.1. The summed E-state index contributed by atoms with van der Waals surface area (Å²) in [5.41, 5.74) is 0.837. The minimum Gasteiger partial charge on any atom is -0.382 e. The second kappa shape index (κ2) is 7.99. The normalized spacial score (nSPS) is 19.9. The van der Waals surface area contributed by atoms with Crippen molar-refractivity contribution >= 4 is 5.91 Å². The molecule has 1 aromatic heterocycles. The summed E-state index contributed by atoms with van der Waals surface area (Å²) in [5, 5.41) is 8.57. The van der Waals surface area contributed by atoms with Gasteiger partial charge in [0.2, 0.25) is 5.91 Å². The Morgan fingerprint density at radius 2 is 2.04 bits per heavy atom. The molecule has 2 heterocycles. The Labute approximate surface area is 155 Å². The first-order chi connectivity index (χ1) is 12.6. The number of carbonyl (C=O) groups is 1. The van der Waals surface area contributed by atoms with Crippen LogP contribution in [0.1, 0.15) is 38.4 Å². The standard InChI is InChI=1S/C20H28N4O2/c1-4-11-20(15-26-3)12-8-13-24(20)18(25)14-17-21-22-19(23(17)2)16-9-6-5-7-10-16/h5-7,9-10H,4,8,11-15H2,1-3H3. The molecule has 6 heteroatoms. The molecule has 0 spiro atoms. The van der Waals surface area contributed by atoms with Crippen molar-refractivity contribution in [2.24, 2.45) is 7.05 Å². The molecule has 1 atom stereocenters. The average molecular weight is 356 g/mol. The Balaban J connectivity index is 1.79. The number of ether oxygens (including phenoxy) is 1. The molecule has 1 aliphatic rings. The van der Waals surface area contributed by atoms with Gasteiger partial charge in [-0.25, -0.2) is 0 Å². The Bertz CT molecular complexity index is 736. The molecule has 26 heavy (non-hydrogen) atoms. The third-order valence-electron chi connectivity index (χ3n) is 5.33. The highest BCUT2D eigenvalue weighted by molar-refractivity contribution is 5.79. The van der Waals surface area contributed by atoms with Gasteiger partial charge < -0.3 is 14.2 Å². The summed E-state index contributed by atoms with van der Waals surface area (Å²) in [7, 11) is 3.64. The van der Waals surface area contributed by atoms with E-state index in [1.165, 1.54) is 0 Å². The Morgan fingerprint density at radius 3 is 2.73 bits per heavy atom. The number of rotatable bonds is 7. The lowest BCUT2D eigenvalue weighted by molar-refractivity contribution is -0.137. The third kappa shape index (κ3) is 3.51. The zero-order valence-electron chi connectivity index (χ0n) is 15.9. The van der Waals surface area contributed by atoms with Crippen molar-refractivity contribution in [1.82, 2.24) is 19.7 Å². The van der Waals surface area contributed by atoms with Gasteiger partial charge in [-0.1, -0.05) is 43.7 Å². The molecule has 1 unspecified atom stereocenters. The molecule has 2 aromatic rings. The predicted octanol–water partition coefficient (Wildman–Crippen LogP) is 2.83. The van der Waals surface area contributed by atoms with Crippen LogP contribution in [-0.4, -0.2) is 51.4 Å². The number of aromatic nitrogens is 3. The summed E-state index contributed by atoms with van der Waals surface area (Å²) in [6.45, 7) is 3.56. The van der Waals surface area contributed by atoms with Crippen molar-refractivity contribution in [3.05, 3.63) is 36.2 Å². The molecular formula is C20H28N4O2. The Kier molecular flexibility index (Phi) is 5.71. The minimum atomic E-state index is -0.165. The molecule has 6 nitrogen and oxygen atoms in total. The van der Waals surface area contributed by atoms with E-state index in [9.17, 15) is 4.79 Å². The number of benzene rings is 1. The van der Waals surface area contributed by atoms with Gasteiger partial charge >= 0.3 is 0 Å². The van der Waals surface area contributed by atoms with E-state index in [1.54, 1.807) is 7.11 Å². The van der Waals surface area contributed by atoms with Crippen LogP contribution >= 0.6 is 0 Å². The average Bonchev–Trinajstić information content (AvgIpc) is 3.21. The van der Waals surface area contributed by atoms with Gasteiger partial charge in [0.1, 0.15) is 5.82 Å². The molecule has 140 valence electrons. The fourth-order valence-electron chi connectivity index (χ4n) is 4.13. The number of likely N-dealkylation sites (tertiary alicyclic amines) is 1. The lowest BCUT2D eigenvalue weighted by atomic mass is 9.91. The largest absolute Gasteiger partial charge is 0.382 e. The molecule has 1 aliphatic heterocycles. The van der Waals surface area contributed by atoms with Crippen LogP contribution in [0, 0.1) is 0 Å². The van der Waals surface area contributed by atoms with Crippen LogP contribution in [0.5, 0.6) is 0 Å². The summed E-state index contributed by atoms with van der Waals surface area (Å²) in [6.07, 6.45) is 4.32. The number of amides is 1. The molecule has 0 aliphatic carbocycles. The van der Waals surface area contributed by atoms with Gasteiger partial charge in [0.05, 0.1) is 18.6 Å². The van der Waals surface area contributed by atoms with Crippen molar-refractivity contribution in [2.75, 3.05) is 20.3 Å². The van der Waals surface area contributed by atoms with Gasteiger partial charge in [-0.05, 0) is 19.3 Å². The van der Waals surface area contributed by atoms with E-state index < -0.39 is 0 Å². The van der Waals surface area contributed by atoms with E-state index in [4.69, 9.17) is 4.74 Å². The Morgan fingerprint density at radius 1 is 1.27 bits per heavy atom. The molecule has 1 fully saturated rings. The second-order valence-electron chi connectivity index (χ2n) is 7.10. The van der Waals surface area contributed by atoms with Crippen molar-refractivity contribution in [3.63, 3.8) is 0 Å².